The number of ether oxygens (including phenoxy) is 1. The Morgan fingerprint density at radius 3 is 2.32 bits per heavy atom. The molecule has 0 unspecified atom stereocenters. The van der Waals surface area contributed by atoms with E-state index < -0.39 is 5.82 Å². The molecule has 0 aliphatic heterocycles. The Labute approximate surface area is 150 Å². The lowest BCUT2D eigenvalue weighted by Gasteiger charge is -2.08. The molecule has 0 aliphatic rings. The maximum Gasteiger partial charge on any atom is 0.255 e. The van der Waals surface area contributed by atoms with Crippen LogP contribution in [0.15, 0.2) is 42.5 Å². The molecule has 0 spiro atoms. The molecule has 0 heterocycles. The van der Waals surface area contributed by atoms with Crippen molar-refractivity contribution in [1.29, 1.82) is 0 Å². The first-order valence-corrected chi connectivity index (χ1v) is 8.02. The highest BCUT2D eigenvalue weighted by Gasteiger charge is 2.10. The van der Waals surface area contributed by atoms with Gasteiger partial charge in [0.05, 0.1) is 5.02 Å². The monoisotopic (exact) mass is 364 g/mol. The zero-order valence-electron chi connectivity index (χ0n) is 13.6. The summed E-state index contributed by atoms with van der Waals surface area (Å²) >= 11 is 5.68. The predicted molar refractivity (Wildman–Crippen MR) is 94.6 cm³/mol. The number of methoxy groups -OCH3 is 1. The van der Waals surface area contributed by atoms with Gasteiger partial charge in [-0.05, 0) is 48.9 Å². The molecule has 5 nitrogen and oxygen atoms in total. The molecule has 25 heavy (non-hydrogen) atoms. The van der Waals surface area contributed by atoms with E-state index >= 15 is 0 Å². The van der Waals surface area contributed by atoms with Gasteiger partial charge in [-0.15, -0.1) is 0 Å². The summed E-state index contributed by atoms with van der Waals surface area (Å²) in [5.74, 6) is -1.15. The Kier molecular flexibility index (Phi) is 6.91. The lowest BCUT2D eigenvalue weighted by molar-refractivity contribution is 0.0947. The van der Waals surface area contributed by atoms with Crippen LogP contribution in [0.4, 0.5) is 10.1 Å². The van der Waals surface area contributed by atoms with E-state index in [9.17, 15) is 14.0 Å². The van der Waals surface area contributed by atoms with Gasteiger partial charge >= 0.3 is 0 Å². The summed E-state index contributed by atoms with van der Waals surface area (Å²) in [6.07, 6.45) is 0.725. The van der Waals surface area contributed by atoms with E-state index in [4.69, 9.17) is 16.3 Å². The lowest BCUT2D eigenvalue weighted by atomic mass is 10.1. The Morgan fingerprint density at radius 2 is 1.72 bits per heavy atom. The molecule has 132 valence electrons. The lowest BCUT2D eigenvalue weighted by Crippen LogP contribution is -2.25. The molecular weight excluding hydrogens is 347 g/mol. The van der Waals surface area contributed by atoms with Crippen LogP contribution in [0.1, 0.15) is 27.1 Å². The Hall–Kier alpha value is -2.44. The van der Waals surface area contributed by atoms with Crippen molar-refractivity contribution in [2.24, 2.45) is 0 Å². The molecule has 0 bridgehead atoms. The first-order chi connectivity index (χ1) is 12.0. The second-order valence-corrected chi connectivity index (χ2v) is 5.67. The van der Waals surface area contributed by atoms with Gasteiger partial charge in [-0.2, -0.15) is 0 Å². The number of rotatable bonds is 7. The van der Waals surface area contributed by atoms with E-state index in [0.29, 0.717) is 30.0 Å². The second-order valence-electron chi connectivity index (χ2n) is 5.26. The SMILES string of the molecule is COCCCNC(=O)c1ccc(C(=O)Nc2ccc(F)c(Cl)c2)cc1. The second kappa shape index (κ2) is 9.15. The van der Waals surface area contributed by atoms with Crippen molar-refractivity contribution in [3.05, 3.63) is 64.4 Å². The van der Waals surface area contributed by atoms with E-state index in [-0.39, 0.29) is 16.8 Å². The Morgan fingerprint density at radius 1 is 1.08 bits per heavy atom. The third-order valence-corrected chi connectivity index (χ3v) is 3.69. The normalized spacial score (nSPS) is 10.4. The van der Waals surface area contributed by atoms with E-state index in [2.05, 4.69) is 10.6 Å². The van der Waals surface area contributed by atoms with Crippen LogP contribution >= 0.6 is 11.6 Å². The summed E-state index contributed by atoms with van der Waals surface area (Å²) in [7, 11) is 1.60. The number of halogens is 2. The molecule has 0 atom stereocenters. The van der Waals surface area contributed by atoms with E-state index in [1.807, 2.05) is 0 Å². The number of benzene rings is 2. The smallest absolute Gasteiger partial charge is 0.255 e. The fourth-order valence-corrected chi connectivity index (χ4v) is 2.25. The van der Waals surface area contributed by atoms with E-state index in [1.54, 1.807) is 31.4 Å². The minimum Gasteiger partial charge on any atom is -0.385 e. The minimum atomic E-state index is -0.555. The van der Waals surface area contributed by atoms with Crippen LogP contribution in [0.3, 0.4) is 0 Å². The van der Waals surface area contributed by atoms with E-state index in [1.165, 1.54) is 18.2 Å². The first-order valence-electron chi connectivity index (χ1n) is 7.65. The maximum absolute atomic E-state index is 13.1. The number of anilines is 1. The summed E-state index contributed by atoms with van der Waals surface area (Å²) in [4.78, 5) is 24.1. The fourth-order valence-electron chi connectivity index (χ4n) is 2.07. The molecule has 2 rings (SSSR count). The van der Waals surface area contributed by atoms with Crippen LogP contribution in [0.2, 0.25) is 5.02 Å². The summed E-state index contributed by atoms with van der Waals surface area (Å²) in [6.45, 7) is 1.09. The van der Waals surface area contributed by atoms with Crippen molar-refractivity contribution in [3.8, 4) is 0 Å². The molecule has 0 saturated carbocycles. The number of hydrogen-bond acceptors (Lipinski definition) is 3. The van der Waals surface area contributed by atoms with Crippen LogP contribution in [0, 0.1) is 5.82 Å². The van der Waals surface area contributed by atoms with Gasteiger partial charge in [-0.3, -0.25) is 9.59 Å². The van der Waals surface area contributed by atoms with Crippen molar-refractivity contribution in [2.75, 3.05) is 25.6 Å². The van der Waals surface area contributed by atoms with Gasteiger partial charge in [-0.1, -0.05) is 11.6 Å². The van der Waals surface area contributed by atoms with Gasteiger partial charge in [0.1, 0.15) is 5.82 Å². The van der Waals surface area contributed by atoms with Gasteiger partial charge < -0.3 is 15.4 Å². The third-order valence-electron chi connectivity index (χ3n) is 3.40. The van der Waals surface area contributed by atoms with Gasteiger partial charge in [0.25, 0.3) is 11.8 Å². The average molecular weight is 365 g/mol. The highest BCUT2D eigenvalue weighted by Crippen LogP contribution is 2.20. The molecule has 2 aromatic carbocycles. The van der Waals surface area contributed by atoms with E-state index in [0.717, 1.165) is 6.42 Å². The summed E-state index contributed by atoms with van der Waals surface area (Å²) < 4.78 is 18.0. The van der Waals surface area contributed by atoms with Crippen molar-refractivity contribution >= 4 is 29.1 Å². The van der Waals surface area contributed by atoms with Gasteiger partial charge in [0, 0.05) is 37.1 Å². The molecule has 2 aromatic rings. The van der Waals surface area contributed by atoms with Crippen LogP contribution in [0.25, 0.3) is 0 Å². The molecule has 0 fully saturated rings. The molecular formula is C18H18ClFN2O3. The highest BCUT2D eigenvalue weighted by molar-refractivity contribution is 6.31. The predicted octanol–water partition coefficient (Wildman–Crippen LogP) is 3.50. The summed E-state index contributed by atoms with van der Waals surface area (Å²) in [5, 5.41) is 5.31. The van der Waals surface area contributed by atoms with Gasteiger partial charge in [0.2, 0.25) is 0 Å². The zero-order valence-corrected chi connectivity index (χ0v) is 14.4. The molecule has 0 saturated heterocycles. The average Bonchev–Trinajstić information content (AvgIpc) is 2.62. The molecule has 0 aromatic heterocycles. The zero-order chi connectivity index (χ0) is 18.2. The van der Waals surface area contributed by atoms with Crippen LogP contribution in [-0.2, 0) is 4.74 Å². The molecule has 7 heteroatoms. The standard InChI is InChI=1S/C18H18ClFN2O3/c1-25-10-2-9-21-17(23)12-3-5-13(6-4-12)18(24)22-14-7-8-16(20)15(19)11-14/h3-8,11H,2,9-10H2,1H3,(H,21,23)(H,22,24). The van der Waals surface area contributed by atoms with Crippen molar-refractivity contribution in [3.63, 3.8) is 0 Å². The number of nitrogens with one attached hydrogen (secondary N) is 2. The maximum atomic E-state index is 13.1. The summed E-state index contributed by atoms with van der Waals surface area (Å²) in [5.41, 5.74) is 1.21. The topological polar surface area (TPSA) is 67.4 Å². The van der Waals surface area contributed by atoms with Crippen LogP contribution in [-0.4, -0.2) is 32.1 Å². The van der Waals surface area contributed by atoms with Crippen LogP contribution in [0.5, 0.6) is 0 Å². The minimum absolute atomic E-state index is 0.0710. The highest BCUT2D eigenvalue weighted by atomic mass is 35.5. The van der Waals surface area contributed by atoms with Crippen molar-refractivity contribution < 1.29 is 18.7 Å². The third kappa shape index (κ3) is 5.55. The first kappa shape index (κ1) is 18.9. The summed E-state index contributed by atoms with van der Waals surface area (Å²) in [6, 6.07) is 10.2. The van der Waals surface area contributed by atoms with Gasteiger partial charge in [-0.25, -0.2) is 4.39 Å². The van der Waals surface area contributed by atoms with Crippen molar-refractivity contribution in [2.45, 2.75) is 6.42 Å². The Bertz CT molecular complexity index is 750. The van der Waals surface area contributed by atoms with Crippen molar-refractivity contribution in [1.82, 2.24) is 5.32 Å². The molecule has 0 aliphatic carbocycles. The Balaban J connectivity index is 1.95. The molecule has 2 amide bonds. The van der Waals surface area contributed by atoms with Crippen LogP contribution < -0.4 is 10.6 Å². The fraction of sp³-hybridized carbons (Fsp3) is 0.222. The van der Waals surface area contributed by atoms with Gasteiger partial charge in [0.15, 0.2) is 0 Å². The quantitative estimate of drug-likeness (QED) is 0.739. The number of carbonyl (C=O) groups excluding carboxylic acids is 2. The molecule has 0 radical (unpaired) electrons. The largest absolute Gasteiger partial charge is 0.385 e. The number of hydrogen-bond donors (Lipinski definition) is 2. The number of amides is 2. The molecule has 2 N–H and O–H groups in total. The number of carbonyl (C=O) groups is 2.